The molecule has 0 unspecified atom stereocenters. The van der Waals surface area contributed by atoms with Gasteiger partial charge in [-0.1, -0.05) is 6.92 Å². The lowest BCUT2D eigenvalue weighted by Gasteiger charge is -2.22. The van der Waals surface area contributed by atoms with Crippen LogP contribution in [0.25, 0.3) is 0 Å². The molecule has 1 amide bonds. The minimum atomic E-state index is -0.362. The van der Waals surface area contributed by atoms with E-state index in [-0.39, 0.29) is 11.8 Å². The molecule has 8 heteroatoms. The van der Waals surface area contributed by atoms with E-state index in [0.29, 0.717) is 34.4 Å². The van der Waals surface area contributed by atoms with Gasteiger partial charge in [0.25, 0.3) is 0 Å². The van der Waals surface area contributed by atoms with Crippen molar-refractivity contribution < 1.29 is 13.9 Å². The third-order valence-electron chi connectivity index (χ3n) is 3.06. The number of ether oxygens (including phenoxy) is 1. The lowest BCUT2D eigenvalue weighted by molar-refractivity contribution is 0.183. The zero-order chi connectivity index (χ0) is 16.8. The summed E-state index contributed by atoms with van der Waals surface area (Å²) in [4.78, 5) is 17.9. The van der Waals surface area contributed by atoms with Crippen LogP contribution in [0.1, 0.15) is 13.3 Å². The molecule has 0 aliphatic rings. The number of hydrogen-bond acceptors (Lipinski definition) is 3. The van der Waals surface area contributed by atoms with Gasteiger partial charge in [-0.2, -0.15) is 0 Å². The molecule has 2 aromatic rings. The summed E-state index contributed by atoms with van der Waals surface area (Å²) in [6.07, 6.45) is 5.48. The second-order valence-corrected chi connectivity index (χ2v) is 6.50. The van der Waals surface area contributed by atoms with Crippen LogP contribution < -0.4 is 4.74 Å². The predicted molar refractivity (Wildman–Crippen MR) is 92.2 cm³/mol. The van der Waals surface area contributed by atoms with Gasteiger partial charge in [0.15, 0.2) is 0 Å². The quantitative estimate of drug-likeness (QED) is 0.661. The van der Waals surface area contributed by atoms with Gasteiger partial charge in [0, 0.05) is 18.9 Å². The highest BCUT2D eigenvalue weighted by atomic mass is 79.9. The van der Waals surface area contributed by atoms with Gasteiger partial charge in [0.1, 0.15) is 24.5 Å². The first-order chi connectivity index (χ1) is 11.0. The summed E-state index contributed by atoms with van der Waals surface area (Å²) in [7, 11) is 0. The van der Waals surface area contributed by atoms with Crippen molar-refractivity contribution in [3.8, 4) is 5.75 Å². The highest BCUT2D eigenvalue weighted by molar-refractivity contribution is 9.11. The van der Waals surface area contributed by atoms with E-state index in [1.54, 1.807) is 17.3 Å². The van der Waals surface area contributed by atoms with Crippen molar-refractivity contribution in [2.75, 3.05) is 19.7 Å². The molecule has 0 radical (unpaired) electrons. The summed E-state index contributed by atoms with van der Waals surface area (Å²) < 4.78 is 21.4. The second-order valence-electron chi connectivity index (χ2n) is 4.79. The highest BCUT2D eigenvalue weighted by Crippen LogP contribution is 2.34. The zero-order valence-corrected chi connectivity index (χ0v) is 15.7. The first-order valence-corrected chi connectivity index (χ1v) is 8.66. The fraction of sp³-hybridized carbons (Fsp3) is 0.333. The summed E-state index contributed by atoms with van der Waals surface area (Å²) >= 11 is 6.54. The zero-order valence-electron chi connectivity index (χ0n) is 12.5. The summed E-state index contributed by atoms with van der Waals surface area (Å²) in [6, 6.07) is 2.52. The van der Waals surface area contributed by atoms with Crippen LogP contribution in [0.5, 0.6) is 5.75 Å². The Labute approximate surface area is 150 Å². The number of halogens is 3. The van der Waals surface area contributed by atoms with E-state index < -0.39 is 0 Å². The SMILES string of the molecule is CCCN(CCOc1c(Br)cc(F)cc1Br)C(=O)n1ccnc1. The van der Waals surface area contributed by atoms with Gasteiger partial charge in [-0.25, -0.2) is 14.2 Å². The molecule has 0 atom stereocenters. The molecule has 1 aromatic carbocycles. The van der Waals surface area contributed by atoms with Crippen molar-refractivity contribution in [1.29, 1.82) is 0 Å². The van der Waals surface area contributed by atoms with Crippen LogP contribution in [0.15, 0.2) is 39.8 Å². The van der Waals surface area contributed by atoms with Gasteiger partial charge in [-0.15, -0.1) is 0 Å². The van der Waals surface area contributed by atoms with E-state index in [1.807, 2.05) is 6.92 Å². The molecular weight excluding hydrogens is 433 g/mol. The summed E-state index contributed by atoms with van der Waals surface area (Å²) in [5, 5.41) is 0. The number of aromatic nitrogens is 2. The van der Waals surface area contributed by atoms with Crippen LogP contribution in [0.2, 0.25) is 0 Å². The van der Waals surface area contributed by atoms with Gasteiger partial charge in [-0.05, 0) is 50.4 Å². The molecule has 5 nitrogen and oxygen atoms in total. The van der Waals surface area contributed by atoms with Gasteiger partial charge in [0.2, 0.25) is 0 Å². The van der Waals surface area contributed by atoms with Crippen molar-refractivity contribution in [1.82, 2.24) is 14.5 Å². The van der Waals surface area contributed by atoms with Crippen molar-refractivity contribution >= 4 is 37.9 Å². The van der Waals surface area contributed by atoms with E-state index in [0.717, 1.165) is 6.42 Å². The molecular formula is C15H16Br2FN3O2. The Kier molecular flexibility index (Phi) is 6.59. The van der Waals surface area contributed by atoms with Gasteiger partial charge >= 0.3 is 6.03 Å². The molecule has 0 aliphatic heterocycles. The number of nitrogens with zero attached hydrogens (tertiary/aromatic N) is 3. The third kappa shape index (κ3) is 4.78. The Balaban J connectivity index is 1.99. The van der Waals surface area contributed by atoms with E-state index in [1.165, 1.54) is 23.0 Å². The van der Waals surface area contributed by atoms with Crippen molar-refractivity contribution in [3.63, 3.8) is 0 Å². The van der Waals surface area contributed by atoms with E-state index in [4.69, 9.17) is 4.74 Å². The highest BCUT2D eigenvalue weighted by Gasteiger charge is 2.15. The molecule has 124 valence electrons. The lowest BCUT2D eigenvalue weighted by Crippen LogP contribution is -2.37. The minimum Gasteiger partial charge on any atom is -0.489 e. The van der Waals surface area contributed by atoms with Crippen LogP contribution >= 0.6 is 31.9 Å². The van der Waals surface area contributed by atoms with Gasteiger partial charge < -0.3 is 9.64 Å². The maximum absolute atomic E-state index is 13.2. The number of carbonyl (C=O) groups excluding carboxylic acids is 1. The number of carbonyl (C=O) groups is 1. The maximum Gasteiger partial charge on any atom is 0.329 e. The monoisotopic (exact) mass is 447 g/mol. The fourth-order valence-electron chi connectivity index (χ4n) is 2.03. The number of amides is 1. The Bertz CT molecular complexity index is 642. The minimum absolute atomic E-state index is 0.148. The van der Waals surface area contributed by atoms with Crippen LogP contribution in [-0.2, 0) is 0 Å². The number of hydrogen-bond donors (Lipinski definition) is 0. The molecule has 1 heterocycles. The average Bonchev–Trinajstić information content (AvgIpc) is 3.02. The lowest BCUT2D eigenvalue weighted by atomic mass is 10.3. The molecule has 0 fully saturated rings. The van der Waals surface area contributed by atoms with E-state index >= 15 is 0 Å². The largest absolute Gasteiger partial charge is 0.489 e. The summed E-state index contributed by atoms with van der Waals surface area (Å²) in [5.41, 5.74) is 0. The van der Waals surface area contributed by atoms with Crippen LogP contribution in [0.3, 0.4) is 0 Å². The smallest absolute Gasteiger partial charge is 0.329 e. The Morgan fingerprint density at radius 1 is 1.35 bits per heavy atom. The normalized spacial score (nSPS) is 10.6. The molecule has 0 bridgehead atoms. The van der Waals surface area contributed by atoms with Crippen molar-refractivity contribution in [2.45, 2.75) is 13.3 Å². The number of imidazole rings is 1. The molecule has 0 saturated heterocycles. The molecule has 0 aliphatic carbocycles. The van der Waals surface area contributed by atoms with Gasteiger partial charge in [0.05, 0.1) is 15.5 Å². The molecule has 2 rings (SSSR count). The van der Waals surface area contributed by atoms with Crippen molar-refractivity contribution in [2.24, 2.45) is 0 Å². The Morgan fingerprint density at radius 2 is 2.04 bits per heavy atom. The molecule has 23 heavy (non-hydrogen) atoms. The predicted octanol–water partition coefficient (Wildman–Crippen LogP) is 4.31. The maximum atomic E-state index is 13.2. The first kappa shape index (κ1) is 17.9. The Hall–Kier alpha value is -1.41. The average molecular weight is 449 g/mol. The standard InChI is InChI=1S/C15H16Br2FN3O2/c1-2-4-20(15(22)21-5-3-19-10-21)6-7-23-14-12(16)8-11(18)9-13(14)17/h3,5,8-10H,2,4,6-7H2,1H3. The Morgan fingerprint density at radius 3 is 2.61 bits per heavy atom. The number of benzene rings is 1. The summed E-state index contributed by atoms with van der Waals surface area (Å²) in [6.45, 7) is 3.33. The third-order valence-corrected chi connectivity index (χ3v) is 4.24. The van der Waals surface area contributed by atoms with E-state index in [2.05, 4.69) is 36.8 Å². The van der Waals surface area contributed by atoms with Gasteiger partial charge in [-0.3, -0.25) is 4.57 Å². The summed E-state index contributed by atoms with van der Waals surface area (Å²) in [5.74, 6) is 0.150. The molecule has 0 N–H and O–H groups in total. The van der Waals surface area contributed by atoms with Crippen LogP contribution in [-0.4, -0.2) is 40.2 Å². The fourth-order valence-corrected chi connectivity index (χ4v) is 3.39. The molecule has 1 aromatic heterocycles. The van der Waals surface area contributed by atoms with Crippen LogP contribution in [0.4, 0.5) is 9.18 Å². The molecule has 0 saturated carbocycles. The van der Waals surface area contributed by atoms with Crippen LogP contribution in [0, 0.1) is 5.82 Å². The topological polar surface area (TPSA) is 47.4 Å². The van der Waals surface area contributed by atoms with Crippen molar-refractivity contribution in [3.05, 3.63) is 45.6 Å². The number of rotatable bonds is 6. The second kappa shape index (κ2) is 8.44. The first-order valence-electron chi connectivity index (χ1n) is 7.07. The van der Waals surface area contributed by atoms with E-state index in [9.17, 15) is 9.18 Å². The molecule has 0 spiro atoms.